The lowest BCUT2D eigenvalue weighted by Gasteiger charge is -2.26. The van der Waals surface area contributed by atoms with E-state index in [2.05, 4.69) is 16.0 Å². The molecule has 1 aliphatic heterocycles. The fourth-order valence-electron chi connectivity index (χ4n) is 4.02. The number of esters is 1. The van der Waals surface area contributed by atoms with Crippen molar-refractivity contribution >= 4 is 16.9 Å². The third kappa shape index (κ3) is 2.05. The van der Waals surface area contributed by atoms with E-state index in [0.717, 1.165) is 19.5 Å². The van der Waals surface area contributed by atoms with Gasteiger partial charge in [0.15, 0.2) is 0 Å². The molecular formula is C18H22N2O2. The number of carbonyl (C=O) groups is 1. The average molecular weight is 298 g/mol. The second-order valence-corrected chi connectivity index (χ2v) is 6.22. The van der Waals surface area contributed by atoms with Crippen molar-refractivity contribution in [2.45, 2.75) is 45.2 Å². The zero-order valence-corrected chi connectivity index (χ0v) is 13.0. The number of ether oxygens (including phenoxy) is 1. The molecule has 4 heteroatoms. The molecule has 0 spiro atoms. The summed E-state index contributed by atoms with van der Waals surface area (Å²) in [6.45, 7) is 4.31. The number of hydrogen-bond acceptors (Lipinski definition) is 3. The van der Waals surface area contributed by atoms with Crippen molar-refractivity contribution in [1.82, 2.24) is 9.88 Å². The van der Waals surface area contributed by atoms with Gasteiger partial charge in [-0.05, 0) is 49.9 Å². The number of aryl methyl sites for hydroxylation is 1. The lowest BCUT2D eigenvalue weighted by molar-refractivity contribution is 0.0526. The first-order valence-electron chi connectivity index (χ1n) is 8.35. The lowest BCUT2D eigenvalue weighted by Crippen LogP contribution is -2.33. The number of nitrogens with one attached hydrogen (secondary N) is 1. The molecule has 1 unspecified atom stereocenters. The van der Waals surface area contributed by atoms with Gasteiger partial charge in [0.2, 0.25) is 0 Å². The molecule has 4 rings (SSSR count). The Labute approximate surface area is 130 Å². The number of hydrogen-bond donors (Lipinski definition) is 1. The highest BCUT2D eigenvalue weighted by Gasteiger charge is 2.28. The minimum absolute atomic E-state index is 0.218. The van der Waals surface area contributed by atoms with Crippen LogP contribution in [0, 0.1) is 0 Å². The minimum Gasteiger partial charge on any atom is -0.462 e. The Hall–Kier alpha value is -1.81. The molecule has 1 atom stereocenters. The van der Waals surface area contributed by atoms with Gasteiger partial charge in [-0.15, -0.1) is 0 Å². The lowest BCUT2D eigenvalue weighted by atomic mass is 10.0. The topological polar surface area (TPSA) is 43.3 Å². The highest BCUT2D eigenvalue weighted by Crippen LogP contribution is 2.38. The molecule has 0 amide bonds. The minimum atomic E-state index is -0.218. The maximum absolute atomic E-state index is 12.0. The van der Waals surface area contributed by atoms with E-state index in [4.69, 9.17) is 4.74 Å². The zero-order chi connectivity index (χ0) is 15.1. The van der Waals surface area contributed by atoms with Gasteiger partial charge in [-0.25, -0.2) is 4.79 Å². The molecule has 0 saturated carbocycles. The SMILES string of the molecule is CCOC(=O)c1ccc2c(c1)c1c3n2CCNC3CCCC1. The average Bonchev–Trinajstić information content (AvgIpc) is 2.70. The molecule has 2 aromatic rings. The van der Waals surface area contributed by atoms with Crippen LogP contribution in [0.25, 0.3) is 10.9 Å². The van der Waals surface area contributed by atoms with Gasteiger partial charge in [-0.3, -0.25) is 0 Å². The highest BCUT2D eigenvalue weighted by atomic mass is 16.5. The van der Waals surface area contributed by atoms with Crippen LogP contribution < -0.4 is 5.32 Å². The Morgan fingerprint density at radius 1 is 1.41 bits per heavy atom. The number of benzene rings is 1. The first kappa shape index (κ1) is 13.8. The predicted molar refractivity (Wildman–Crippen MR) is 86.2 cm³/mol. The third-order valence-corrected chi connectivity index (χ3v) is 4.95. The summed E-state index contributed by atoms with van der Waals surface area (Å²) in [6, 6.07) is 6.51. The molecule has 0 radical (unpaired) electrons. The zero-order valence-electron chi connectivity index (χ0n) is 13.0. The molecule has 2 heterocycles. The van der Waals surface area contributed by atoms with E-state index in [-0.39, 0.29) is 5.97 Å². The maximum atomic E-state index is 12.0. The van der Waals surface area contributed by atoms with E-state index in [1.807, 2.05) is 19.1 Å². The van der Waals surface area contributed by atoms with Gasteiger partial charge in [-0.1, -0.05) is 6.42 Å². The fraction of sp³-hybridized carbons (Fsp3) is 0.500. The van der Waals surface area contributed by atoms with Gasteiger partial charge in [0, 0.05) is 35.7 Å². The van der Waals surface area contributed by atoms with Crippen LogP contribution in [-0.4, -0.2) is 23.7 Å². The van der Waals surface area contributed by atoms with Crippen LogP contribution >= 0.6 is 0 Å². The van der Waals surface area contributed by atoms with Gasteiger partial charge in [0.1, 0.15) is 0 Å². The second kappa shape index (κ2) is 5.43. The van der Waals surface area contributed by atoms with Crippen LogP contribution in [0.15, 0.2) is 18.2 Å². The molecule has 2 aliphatic rings. The first-order valence-corrected chi connectivity index (χ1v) is 8.35. The highest BCUT2D eigenvalue weighted by molar-refractivity contribution is 5.96. The van der Waals surface area contributed by atoms with Gasteiger partial charge >= 0.3 is 5.97 Å². The number of aromatic nitrogens is 1. The fourth-order valence-corrected chi connectivity index (χ4v) is 4.02. The van der Waals surface area contributed by atoms with Crippen LogP contribution in [0.2, 0.25) is 0 Å². The monoisotopic (exact) mass is 298 g/mol. The summed E-state index contributed by atoms with van der Waals surface area (Å²) in [5.74, 6) is -0.218. The van der Waals surface area contributed by atoms with Gasteiger partial charge in [-0.2, -0.15) is 0 Å². The largest absolute Gasteiger partial charge is 0.462 e. The smallest absolute Gasteiger partial charge is 0.338 e. The van der Waals surface area contributed by atoms with Crippen molar-refractivity contribution in [2.24, 2.45) is 0 Å². The summed E-state index contributed by atoms with van der Waals surface area (Å²) < 4.78 is 7.62. The molecule has 1 aliphatic carbocycles. The number of nitrogens with zero attached hydrogens (tertiary/aromatic N) is 1. The maximum Gasteiger partial charge on any atom is 0.338 e. The molecule has 0 bridgehead atoms. The van der Waals surface area contributed by atoms with Crippen molar-refractivity contribution in [2.75, 3.05) is 13.2 Å². The second-order valence-electron chi connectivity index (χ2n) is 6.22. The Morgan fingerprint density at radius 2 is 2.32 bits per heavy atom. The summed E-state index contributed by atoms with van der Waals surface area (Å²) in [7, 11) is 0. The summed E-state index contributed by atoms with van der Waals surface area (Å²) >= 11 is 0. The van der Waals surface area contributed by atoms with E-state index >= 15 is 0 Å². The number of fused-ring (bicyclic) bond motifs is 3. The van der Waals surface area contributed by atoms with E-state index in [0.29, 0.717) is 18.2 Å². The quantitative estimate of drug-likeness (QED) is 0.866. The number of rotatable bonds is 2. The summed E-state index contributed by atoms with van der Waals surface area (Å²) in [4.78, 5) is 12.0. The van der Waals surface area contributed by atoms with Crippen LogP contribution in [0.3, 0.4) is 0 Å². The van der Waals surface area contributed by atoms with Crippen LogP contribution in [0.1, 0.15) is 53.8 Å². The number of carbonyl (C=O) groups excluding carboxylic acids is 1. The van der Waals surface area contributed by atoms with Crippen LogP contribution in [-0.2, 0) is 17.7 Å². The molecule has 1 aromatic heterocycles. The molecule has 116 valence electrons. The molecule has 0 saturated heterocycles. The summed E-state index contributed by atoms with van der Waals surface area (Å²) in [6.07, 6.45) is 4.83. The standard InChI is InChI=1S/C18H22N2O2/c1-2-22-18(21)12-7-8-16-14(11-12)13-5-3-4-6-15-17(13)20(16)10-9-19-15/h7-8,11,15,19H,2-6,9-10H2,1H3. The summed E-state index contributed by atoms with van der Waals surface area (Å²) in [5.41, 5.74) is 4.84. The van der Waals surface area contributed by atoms with Crippen molar-refractivity contribution in [3.8, 4) is 0 Å². The van der Waals surface area contributed by atoms with Gasteiger partial charge in [0.25, 0.3) is 0 Å². The van der Waals surface area contributed by atoms with Crippen molar-refractivity contribution in [1.29, 1.82) is 0 Å². The molecule has 22 heavy (non-hydrogen) atoms. The molecule has 1 aromatic carbocycles. The Balaban J connectivity index is 1.90. The Kier molecular flexibility index (Phi) is 3.41. The van der Waals surface area contributed by atoms with Crippen molar-refractivity contribution in [3.63, 3.8) is 0 Å². The van der Waals surface area contributed by atoms with Crippen molar-refractivity contribution in [3.05, 3.63) is 35.0 Å². The van der Waals surface area contributed by atoms with E-state index < -0.39 is 0 Å². The molecular weight excluding hydrogens is 276 g/mol. The molecule has 4 nitrogen and oxygen atoms in total. The van der Waals surface area contributed by atoms with Crippen LogP contribution in [0.4, 0.5) is 0 Å². The first-order chi connectivity index (χ1) is 10.8. The summed E-state index contributed by atoms with van der Waals surface area (Å²) in [5, 5.41) is 4.91. The third-order valence-electron chi connectivity index (χ3n) is 4.95. The van der Waals surface area contributed by atoms with E-state index in [9.17, 15) is 4.79 Å². The molecule has 0 fully saturated rings. The van der Waals surface area contributed by atoms with Gasteiger partial charge in [0.05, 0.1) is 12.2 Å². The van der Waals surface area contributed by atoms with Crippen molar-refractivity contribution < 1.29 is 9.53 Å². The van der Waals surface area contributed by atoms with E-state index in [1.54, 1.807) is 0 Å². The molecule has 1 N–H and O–H groups in total. The predicted octanol–water partition coefficient (Wildman–Crippen LogP) is 3.19. The van der Waals surface area contributed by atoms with Gasteiger partial charge < -0.3 is 14.6 Å². The Morgan fingerprint density at radius 3 is 3.18 bits per heavy atom. The Bertz CT molecular complexity index is 732. The van der Waals surface area contributed by atoms with E-state index in [1.165, 1.54) is 41.4 Å². The van der Waals surface area contributed by atoms with Crippen LogP contribution in [0.5, 0.6) is 0 Å². The normalized spacial score (nSPS) is 20.5.